The summed E-state index contributed by atoms with van der Waals surface area (Å²) in [6.07, 6.45) is 5.04. The van der Waals surface area contributed by atoms with Gasteiger partial charge in [0, 0.05) is 45.9 Å². The number of fused-ring (bicyclic) bond motifs is 3. The van der Waals surface area contributed by atoms with Crippen LogP contribution in [-0.4, -0.2) is 74.7 Å². The monoisotopic (exact) mass is 295 g/mol. The van der Waals surface area contributed by atoms with E-state index in [4.69, 9.17) is 4.74 Å². The third-order valence-electron chi connectivity index (χ3n) is 5.41. The van der Waals surface area contributed by atoms with Gasteiger partial charge in [-0.15, -0.1) is 0 Å². The minimum Gasteiger partial charge on any atom is -0.385 e. The molecular formula is C16H29N3O2. The second-order valence-electron chi connectivity index (χ2n) is 6.87. The van der Waals surface area contributed by atoms with Crippen molar-refractivity contribution in [2.75, 3.05) is 53.0 Å². The number of nitrogens with one attached hydrogen (secondary N) is 1. The largest absolute Gasteiger partial charge is 0.385 e. The molecule has 3 aliphatic rings. The van der Waals surface area contributed by atoms with Crippen LogP contribution < -0.4 is 5.32 Å². The van der Waals surface area contributed by atoms with E-state index in [0.29, 0.717) is 13.2 Å². The van der Waals surface area contributed by atoms with Crippen molar-refractivity contribution in [2.24, 2.45) is 11.8 Å². The Hall–Kier alpha value is -0.650. The maximum Gasteiger partial charge on any atom is 0.234 e. The van der Waals surface area contributed by atoms with Gasteiger partial charge in [-0.05, 0) is 37.6 Å². The van der Waals surface area contributed by atoms with E-state index in [1.807, 2.05) is 0 Å². The van der Waals surface area contributed by atoms with Gasteiger partial charge in [-0.25, -0.2) is 0 Å². The Bertz CT molecular complexity index is 363. The molecule has 3 saturated heterocycles. The van der Waals surface area contributed by atoms with Crippen LogP contribution in [0.1, 0.15) is 25.7 Å². The van der Waals surface area contributed by atoms with Gasteiger partial charge >= 0.3 is 0 Å². The van der Waals surface area contributed by atoms with Crippen LogP contribution in [0.2, 0.25) is 0 Å². The van der Waals surface area contributed by atoms with Gasteiger partial charge in [-0.3, -0.25) is 14.6 Å². The second kappa shape index (κ2) is 7.07. The number of carbonyl (C=O) groups is 1. The molecule has 0 unspecified atom stereocenters. The van der Waals surface area contributed by atoms with Crippen LogP contribution in [0.15, 0.2) is 0 Å². The van der Waals surface area contributed by atoms with Crippen molar-refractivity contribution < 1.29 is 9.53 Å². The summed E-state index contributed by atoms with van der Waals surface area (Å²) in [7, 11) is 1.69. The Labute approximate surface area is 128 Å². The molecule has 0 aromatic carbocycles. The molecule has 3 aliphatic heterocycles. The molecule has 0 aromatic rings. The quantitative estimate of drug-likeness (QED) is 0.727. The van der Waals surface area contributed by atoms with E-state index in [1.54, 1.807) is 7.11 Å². The number of nitrogens with zero attached hydrogens (tertiary/aromatic N) is 2. The SMILES string of the molecule is COCCCNC(=O)CN1C[C@@H]2CN3CCCC[C@@H]3[C@@H]2C1. The summed E-state index contributed by atoms with van der Waals surface area (Å²) in [5.74, 6) is 1.78. The number of rotatable bonds is 6. The number of carbonyl (C=O) groups excluding carboxylic acids is 1. The Balaban J connectivity index is 1.40. The number of hydrogen-bond acceptors (Lipinski definition) is 4. The Morgan fingerprint density at radius 1 is 1.29 bits per heavy atom. The molecule has 0 radical (unpaired) electrons. The van der Waals surface area contributed by atoms with Crippen molar-refractivity contribution in [3.63, 3.8) is 0 Å². The van der Waals surface area contributed by atoms with Crippen molar-refractivity contribution in [1.29, 1.82) is 0 Å². The lowest BCUT2D eigenvalue weighted by Gasteiger charge is -2.33. The van der Waals surface area contributed by atoms with E-state index in [-0.39, 0.29) is 5.91 Å². The van der Waals surface area contributed by atoms with Crippen molar-refractivity contribution in [1.82, 2.24) is 15.1 Å². The first-order valence-electron chi connectivity index (χ1n) is 8.50. The lowest BCUT2D eigenvalue weighted by Crippen LogP contribution is -2.42. The fourth-order valence-corrected chi connectivity index (χ4v) is 4.48. The number of ether oxygens (including phenoxy) is 1. The van der Waals surface area contributed by atoms with Crippen LogP contribution in [0.4, 0.5) is 0 Å². The molecule has 0 aromatic heterocycles. The van der Waals surface area contributed by atoms with Crippen LogP contribution in [0.25, 0.3) is 0 Å². The molecule has 3 heterocycles. The van der Waals surface area contributed by atoms with Gasteiger partial charge < -0.3 is 10.1 Å². The maximum absolute atomic E-state index is 12.0. The summed E-state index contributed by atoms with van der Waals surface area (Å²) in [5.41, 5.74) is 0. The third kappa shape index (κ3) is 3.58. The van der Waals surface area contributed by atoms with Gasteiger partial charge in [0.1, 0.15) is 0 Å². The normalized spacial score (nSPS) is 32.9. The number of amides is 1. The Morgan fingerprint density at radius 2 is 2.19 bits per heavy atom. The van der Waals surface area contributed by atoms with Crippen LogP contribution in [0.3, 0.4) is 0 Å². The van der Waals surface area contributed by atoms with Gasteiger partial charge in [0.25, 0.3) is 0 Å². The average molecular weight is 295 g/mol. The summed E-state index contributed by atoms with van der Waals surface area (Å²) >= 11 is 0. The zero-order chi connectivity index (χ0) is 14.7. The predicted molar refractivity (Wildman–Crippen MR) is 82.1 cm³/mol. The molecule has 5 heteroatoms. The summed E-state index contributed by atoms with van der Waals surface area (Å²) < 4.78 is 4.99. The fraction of sp³-hybridized carbons (Fsp3) is 0.938. The molecule has 5 nitrogen and oxygen atoms in total. The number of methoxy groups -OCH3 is 1. The summed E-state index contributed by atoms with van der Waals surface area (Å²) in [6.45, 7) is 6.82. The van der Waals surface area contributed by atoms with E-state index < -0.39 is 0 Å². The predicted octanol–water partition coefficient (Wildman–Crippen LogP) is 0.555. The minimum atomic E-state index is 0.173. The van der Waals surface area contributed by atoms with E-state index in [2.05, 4.69) is 15.1 Å². The first kappa shape index (κ1) is 15.3. The summed E-state index contributed by atoms with van der Waals surface area (Å²) in [6, 6.07) is 0.804. The molecule has 3 fully saturated rings. The molecule has 21 heavy (non-hydrogen) atoms. The number of likely N-dealkylation sites (tertiary alicyclic amines) is 1. The number of piperidine rings is 1. The molecule has 3 rings (SSSR count). The zero-order valence-corrected chi connectivity index (χ0v) is 13.2. The molecular weight excluding hydrogens is 266 g/mol. The number of hydrogen-bond donors (Lipinski definition) is 1. The smallest absolute Gasteiger partial charge is 0.234 e. The topological polar surface area (TPSA) is 44.8 Å². The van der Waals surface area contributed by atoms with Gasteiger partial charge in [-0.2, -0.15) is 0 Å². The van der Waals surface area contributed by atoms with Gasteiger partial charge in [0.15, 0.2) is 0 Å². The van der Waals surface area contributed by atoms with Gasteiger partial charge in [0.2, 0.25) is 5.91 Å². The van der Waals surface area contributed by atoms with Crippen molar-refractivity contribution in [3.8, 4) is 0 Å². The highest BCUT2D eigenvalue weighted by atomic mass is 16.5. The van der Waals surface area contributed by atoms with Gasteiger partial charge in [0.05, 0.1) is 6.54 Å². The van der Waals surface area contributed by atoms with Crippen molar-refractivity contribution >= 4 is 5.91 Å². The van der Waals surface area contributed by atoms with Crippen LogP contribution in [0.5, 0.6) is 0 Å². The Kier molecular flexibility index (Phi) is 5.14. The van der Waals surface area contributed by atoms with Crippen LogP contribution in [-0.2, 0) is 9.53 Å². The van der Waals surface area contributed by atoms with E-state index in [0.717, 1.165) is 43.9 Å². The highest BCUT2D eigenvalue weighted by Crippen LogP contribution is 2.40. The standard InChI is InChI=1S/C16H29N3O2/c1-21-8-4-6-17-16(20)12-18-9-13-10-19-7-3-2-5-15(19)14(13)11-18/h13-15H,2-12H2,1H3,(H,17,20)/t13-,14-,15-/m1/s1. The first-order chi connectivity index (χ1) is 10.3. The fourth-order valence-electron chi connectivity index (χ4n) is 4.48. The van der Waals surface area contributed by atoms with Gasteiger partial charge in [-0.1, -0.05) is 6.42 Å². The average Bonchev–Trinajstić information content (AvgIpc) is 3.00. The summed E-state index contributed by atoms with van der Waals surface area (Å²) in [4.78, 5) is 17.0. The highest BCUT2D eigenvalue weighted by Gasteiger charge is 2.47. The molecule has 0 aliphatic carbocycles. The van der Waals surface area contributed by atoms with Crippen molar-refractivity contribution in [2.45, 2.75) is 31.7 Å². The Morgan fingerprint density at radius 3 is 3.05 bits per heavy atom. The molecule has 1 N–H and O–H groups in total. The molecule has 0 bridgehead atoms. The molecule has 3 atom stereocenters. The highest BCUT2D eigenvalue weighted by molar-refractivity contribution is 5.78. The molecule has 0 spiro atoms. The maximum atomic E-state index is 12.0. The molecule has 1 amide bonds. The third-order valence-corrected chi connectivity index (χ3v) is 5.41. The van der Waals surface area contributed by atoms with Crippen molar-refractivity contribution in [3.05, 3.63) is 0 Å². The van der Waals surface area contributed by atoms with Crippen LogP contribution >= 0.6 is 0 Å². The summed E-state index contributed by atoms with van der Waals surface area (Å²) in [5, 5.41) is 3.00. The lowest BCUT2D eigenvalue weighted by molar-refractivity contribution is -0.122. The molecule has 120 valence electrons. The first-order valence-corrected chi connectivity index (χ1v) is 8.50. The lowest BCUT2D eigenvalue weighted by atomic mass is 9.90. The van der Waals surface area contributed by atoms with E-state index >= 15 is 0 Å². The molecule has 0 saturated carbocycles. The second-order valence-corrected chi connectivity index (χ2v) is 6.87. The van der Waals surface area contributed by atoms with Crippen LogP contribution in [0, 0.1) is 11.8 Å². The minimum absolute atomic E-state index is 0.173. The van der Waals surface area contributed by atoms with E-state index in [1.165, 1.54) is 32.4 Å². The zero-order valence-electron chi connectivity index (χ0n) is 13.2. The van der Waals surface area contributed by atoms with E-state index in [9.17, 15) is 4.79 Å².